The Morgan fingerprint density at radius 3 is 2.48 bits per heavy atom. The first kappa shape index (κ1) is 16.2. The molecule has 1 saturated heterocycles. The molecule has 7 heteroatoms. The summed E-state index contributed by atoms with van der Waals surface area (Å²) in [6.45, 7) is 0.980. The van der Waals surface area contributed by atoms with Crippen LogP contribution >= 0.6 is 15.9 Å². The molecule has 0 radical (unpaired) electrons. The van der Waals surface area contributed by atoms with Gasteiger partial charge in [0.2, 0.25) is 0 Å². The van der Waals surface area contributed by atoms with Crippen molar-refractivity contribution in [3.8, 4) is 0 Å². The number of aliphatic hydroxyl groups is 2. The van der Waals surface area contributed by atoms with Crippen molar-refractivity contribution in [1.82, 2.24) is 0 Å². The molecule has 1 heterocycles. The third-order valence-corrected chi connectivity index (χ3v) is 4.22. The zero-order valence-corrected chi connectivity index (χ0v) is 12.7. The average molecular weight is 361 g/mol. The number of Topliss-reactive ketones (excluding diaryl/α,β-unsaturated/α-hetero) is 2. The maximum absolute atomic E-state index is 14.0. The van der Waals surface area contributed by atoms with E-state index < -0.39 is 40.6 Å². The Kier molecular flexibility index (Phi) is 4.57. The molecule has 2 rings (SSSR count). The summed E-state index contributed by atoms with van der Waals surface area (Å²) in [6, 6.07) is 7.81. The summed E-state index contributed by atoms with van der Waals surface area (Å²) >= 11 is 2.83. The third kappa shape index (κ3) is 2.66. The minimum atomic E-state index is -2.57. The monoisotopic (exact) mass is 360 g/mol. The molecule has 2 N–H and O–H groups in total. The highest BCUT2D eigenvalue weighted by Gasteiger charge is 2.62. The highest BCUT2D eigenvalue weighted by atomic mass is 79.9. The molecule has 1 aliphatic rings. The van der Waals surface area contributed by atoms with E-state index in [1.54, 1.807) is 18.2 Å². The first-order valence-corrected chi connectivity index (χ1v) is 7.16. The molecule has 2 unspecified atom stereocenters. The number of hydrogen-bond acceptors (Lipinski definition) is 5. The van der Waals surface area contributed by atoms with Crippen molar-refractivity contribution < 1.29 is 28.9 Å². The zero-order chi connectivity index (χ0) is 15.8. The van der Waals surface area contributed by atoms with Crippen molar-refractivity contribution >= 4 is 27.5 Å². The first-order valence-electron chi connectivity index (χ1n) is 6.24. The number of carbonyl (C=O) groups is 2. The second-order valence-corrected chi connectivity index (χ2v) is 5.77. The van der Waals surface area contributed by atoms with E-state index >= 15 is 0 Å². The molecular weight excluding hydrogens is 347 g/mol. The van der Waals surface area contributed by atoms with Gasteiger partial charge in [-0.25, -0.2) is 4.39 Å². The Balaban J connectivity index is 2.32. The Labute approximate surface area is 128 Å². The molecule has 1 aliphatic heterocycles. The van der Waals surface area contributed by atoms with E-state index in [2.05, 4.69) is 15.9 Å². The van der Waals surface area contributed by atoms with E-state index in [4.69, 9.17) is 4.74 Å². The number of rotatable bonds is 4. The van der Waals surface area contributed by atoms with E-state index in [1.165, 1.54) is 12.1 Å². The van der Waals surface area contributed by atoms with Crippen molar-refractivity contribution in [3.05, 3.63) is 35.9 Å². The van der Waals surface area contributed by atoms with Crippen molar-refractivity contribution in [3.63, 3.8) is 0 Å². The second kappa shape index (κ2) is 5.92. The zero-order valence-electron chi connectivity index (χ0n) is 11.1. The van der Waals surface area contributed by atoms with Crippen LogP contribution in [0.4, 0.5) is 4.39 Å². The van der Waals surface area contributed by atoms with Gasteiger partial charge in [0.1, 0.15) is 17.2 Å². The molecule has 0 aliphatic carbocycles. The van der Waals surface area contributed by atoms with Gasteiger partial charge in [0.15, 0.2) is 23.3 Å². The highest BCUT2D eigenvalue weighted by Crippen LogP contribution is 2.39. The summed E-state index contributed by atoms with van der Waals surface area (Å²) in [5.74, 6) is -1.67. The van der Waals surface area contributed by atoms with E-state index in [0.717, 1.165) is 6.92 Å². The lowest BCUT2D eigenvalue weighted by atomic mass is 9.85. The highest BCUT2D eigenvalue weighted by molar-refractivity contribution is 9.09. The van der Waals surface area contributed by atoms with Gasteiger partial charge >= 0.3 is 0 Å². The van der Waals surface area contributed by atoms with Crippen LogP contribution < -0.4 is 0 Å². The lowest BCUT2D eigenvalue weighted by Crippen LogP contribution is -2.57. The summed E-state index contributed by atoms with van der Waals surface area (Å²) in [6.07, 6.45) is -5.62. The van der Waals surface area contributed by atoms with Crippen LogP contribution in [0, 0.1) is 0 Å². The molecular formula is C14H14BrFO5. The number of halogens is 2. The van der Waals surface area contributed by atoms with Gasteiger partial charge < -0.3 is 14.9 Å². The van der Waals surface area contributed by atoms with E-state index in [-0.39, 0.29) is 5.56 Å². The van der Waals surface area contributed by atoms with Gasteiger partial charge in [-0.2, -0.15) is 0 Å². The van der Waals surface area contributed by atoms with Crippen LogP contribution in [0.25, 0.3) is 0 Å². The molecule has 1 aromatic carbocycles. The van der Waals surface area contributed by atoms with Crippen molar-refractivity contribution in [2.24, 2.45) is 0 Å². The van der Waals surface area contributed by atoms with Crippen LogP contribution in [0.1, 0.15) is 17.3 Å². The maximum Gasteiger partial charge on any atom is 0.194 e. The van der Waals surface area contributed by atoms with E-state index in [1.807, 2.05) is 0 Å². The summed E-state index contributed by atoms with van der Waals surface area (Å²) < 4.78 is 19.1. The molecule has 0 amide bonds. The summed E-state index contributed by atoms with van der Waals surface area (Å²) in [4.78, 5) is 23.7. The van der Waals surface area contributed by atoms with Gasteiger partial charge in [0.05, 0.1) is 0 Å². The fraction of sp³-hybridized carbons (Fsp3) is 0.429. The standard InChI is InChI=1S/C14H14BrFO5/c1-7(17)14(20)11(16)13(15)21-12(14)10(19)9(18)8-5-3-2-4-6-8/h2-6,10-13,19-20H,1H3/t10?,11-,12-,13?,14+/m1/s1. The van der Waals surface area contributed by atoms with Crippen LogP contribution in [0.15, 0.2) is 30.3 Å². The van der Waals surface area contributed by atoms with Crippen LogP contribution in [-0.4, -0.2) is 50.8 Å². The molecule has 1 fully saturated rings. The molecule has 5 atom stereocenters. The lowest BCUT2D eigenvalue weighted by Gasteiger charge is -2.29. The summed E-state index contributed by atoms with van der Waals surface area (Å²) in [5.41, 5.74) is -2.40. The molecule has 0 bridgehead atoms. The second-order valence-electron chi connectivity index (χ2n) is 4.87. The predicted octanol–water partition coefficient (Wildman–Crippen LogP) is 1.01. The number of ketones is 2. The molecule has 0 spiro atoms. The van der Waals surface area contributed by atoms with Gasteiger partial charge in [0.25, 0.3) is 0 Å². The van der Waals surface area contributed by atoms with Crippen LogP contribution in [0.3, 0.4) is 0 Å². The fourth-order valence-electron chi connectivity index (χ4n) is 2.29. The number of benzene rings is 1. The van der Waals surface area contributed by atoms with E-state index in [0.29, 0.717) is 0 Å². The Hall–Kier alpha value is -1.15. The predicted molar refractivity (Wildman–Crippen MR) is 74.9 cm³/mol. The maximum atomic E-state index is 14.0. The van der Waals surface area contributed by atoms with Gasteiger partial charge in [-0.1, -0.05) is 46.3 Å². The fourth-order valence-corrected chi connectivity index (χ4v) is 2.93. The van der Waals surface area contributed by atoms with Gasteiger partial charge in [0, 0.05) is 5.56 Å². The quantitative estimate of drug-likeness (QED) is 0.618. The minimum absolute atomic E-state index is 0.174. The van der Waals surface area contributed by atoms with Crippen LogP contribution in [0.5, 0.6) is 0 Å². The summed E-state index contributed by atoms with van der Waals surface area (Å²) in [7, 11) is 0. The number of carbonyl (C=O) groups excluding carboxylic acids is 2. The molecule has 5 nitrogen and oxygen atoms in total. The van der Waals surface area contributed by atoms with Crippen molar-refractivity contribution in [1.29, 1.82) is 0 Å². The smallest absolute Gasteiger partial charge is 0.194 e. The third-order valence-electron chi connectivity index (χ3n) is 3.54. The Morgan fingerprint density at radius 2 is 1.95 bits per heavy atom. The Bertz CT molecular complexity index is 552. The normalized spacial score (nSPS) is 33.7. The molecule has 21 heavy (non-hydrogen) atoms. The Morgan fingerprint density at radius 1 is 1.38 bits per heavy atom. The summed E-state index contributed by atoms with van der Waals surface area (Å²) in [5, 5.41) is 19.1. The number of ether oxygens (including phenoxy) is 1. The SMILES string of the molecule is CC(=O)[C@]1(O)[C@H](F)C(Br)O[C@@H]1C(O)C(=O)c1ccccc1. The van der Waals surface area contributed by atoms with Crippen LogP contribution in [-0.2, 0) is 9.53 Å². The van der Waals surface area contributed by atoms with Gasteiger partial charge in [-0.3, -0.25) is 9.59 Å². The topological polar surface area (TPSA) is 83.8 Å². The molecule has 114 valence electrons. The average Bonchev–Trinajstić information content (AvgIpc) is 2.72. The largest absolute Gasteiger partial charge is 0.382 e. The molecule has 0 saturated carbocycles. The van der Waals surface area contributed by atoms with Gasteiger partial charge in [-0.15, -0.1) is 0 Å². The molecule has 0 aromatic heterocycles. The number of alkyl halides is 2. The van der Waals surface area contributed by atoms with E-state index in [9.17, 15) is 24.2 Å². The van der Waals surface area contributed by atoms with Gasteiger partial charge in [-0.05, 0) is 6.92 Å². The van der Waals surface area contributed by atoms with Crippen molar-refractivity contribution in [2.45, 2.75) is 35.9 Å². The molecule has 1 aromatic rings. The number of hydrogen-bond donors (Lipinski definition) is 2. The van der Waals surface area contributed by atoms with Crippen LogP contribution in [0.2, 0.25) is 0 Å². The number of aliphatic hydroxyl groups excluding tert-OH is 1. The first-order chi connectivity index (χ1) is 9.80. The lowest BCUT2D eigenvalue weighted by molar-refractivity contribution is -0.151. The van der Waals surface area contributed by atoms with Crippen molar-refractivity contribution in [2.75, 3.05) is 0 Å². The minimum Gasteiger partial charge on any atom is -0.382 e.